The van der Waals surface area contributed by atoms with Crippen molar-refractivity contribution in [2.75, 3.05) is 19.5 Å². The van der Waals surface area contributed by atoms with E-state index in [9.17, 15) is 0 Å². The fourth-order valence-corrected chi connectivity index (χ4v) is 0.838. The molecule has 0 amide bonds. The Morgan fingerprint density at radius 3 is 3.09 bits per heavy atom. The van der Waals surface area contributed by atoms with Crippen molar-refractivity contribution in [1.82, 2.24) is 5.16 Å². The molecular weight excluding hydrogens is 144 g/mol. The minimum Gasteiger partial charge on any atom is -0.395 e. The standard InChI is InChI=1S/C7H12N2O2/c1-10-4-2-3-7-6(8)5-9-11-7/h5H,2-4,8H2,1H3. The second-order valence-electron chi connectivity index (χ2n) is 2.30. The van der Waals surface area contributed by atoms with Gasteiger partial charge in [-0.3, -0.25) is 0 Å². The Kier molecular flexibility index (Phi) is 2.92. The Balaban J connectivity index is 2.32. The normalized spacial score (nSPS) is 10.3. The van der Waals surface area contributed by atoms with Gasteiger partial charge < -0.3 is 15.0 Å². The average molecular weight is 156 g/mol. The van der Waals surface area contributed by atoms with E-state index < -0.39 is 0 Å². The van der Waals surface area contributed by atoms with E-state index >= 15 is 0 Å². The maximum absolute atomic E-state index is 5.53. The first-order chi connectivity index (χ1) is 5.34. The van der Waals surface area contributed by atoms with Crippen LogP contribution < -0.4 is 5.73 Å². The van der Waals surface area contributed by atoms with E-state index in [4.69, 9.17) is 15.0 Å². The summed E-state index contributed by atoms with van der Waals surface area (Å²) in [6, 6.07) is 0. The number of aryl methyl sites for hydroxylation is 1. The topological polar surface area (TPSA) is 61.3 Å². The van der Waals surface area contributed by atoms with Crippen molar-refractivity contribution in [2.24, 2.45) is 0 Å². The summed E-state index contributed by atoms with van der Waals surface area (Å²) < 4.78 is 9.76. The Morgan fingerprint density at radius 1 is 1.73 bits per heavy atom. The van der Waals surface area contributed by atoms with Gasteiger partial charge >= 0.3 is 0 Å². The molecule has 0 radical (unpaired) electrons. The lowest BCUT2D eigenvalue weighted by Crippen LogP contribution is -1.94. The van der Waals surface area contributed by atoms with Crippen LogP contribution in [0.5, 0.6) is 0 Å². The molecule has 1 aromatic heterocycles. The van der Waals surface area contributed by atoms with Gasteiger partial charge in [0.2, 0.25) is 0 Å². The number of anilines is 1. The fourth-order valence-electron chi connectivity index (χ4n) is 0.838. The van der Waals surface area contributed by atoms with E-state index in [2.05, 4.69) is 5.16 Å². The van der Waals surface area contributed by atoms with Gasteiger partial charge in [-0.1, -0.05) is 5.16 Å². The van der Waals surface area contributed by atoms with E-state index in [0.29, 0.717) is 5.69 Å². The quantitative estimate of drug-likeness (QED) is 0.656. The molecule has 4 heteroatoms. The number of nitrogen functional groups attached to an aromatic ring is 1. The number of hydrogen-bond acceptors (Lipinski definition) is 4. The molecule has 1 rings (SSSR count). The van der Waals surface area contributed by atoms with Gasteiger partial charge in [-0.2, -0.15) is 0 Å². The van der Waals surface area contributed by atoms with Gasteiger partial charge in [0.05, 0.1) is 11.9 Å². The minimum atomic E-state index is 0.626. The van der Waals surface area contributed by atoms with E-state index in [1.54, 1.807) is 7.11 Å². The van der Waals surface area contributed by atoms with Crippen LogP contribution in [-0.4, -0.2) is 18.9 Å². The second kappa shape index (κ2) is 3.98. The summed E-state index contributed by atoms with van der Waals surface area (Å²) >= 11 is 0. The monoisotopic (exact) mass is 156 g/mol. The molecular formula is C7H12N2O2. The maximum atomic E-state index is 5.53. The third-order valence-electron chi connectivity index (χ3n) is 1.43. The molecule has 0 aromatic carbocycles. The van der Waals surface area contributed by atoms with Crippen LogP contribution in [0, 0.1) is 0 Å². The van der Waals surface area contributed by atoms with Crippen molar-refractivity contribution in [1.29, 1.82) is 0 Å². The lowest BCUT2D eigenvalue weighted by atomic mass is 10.2. The number of nitrogens with two attached hydrogens (primary N) is 1. The SMILES string of the molecule is COCCCc1oncc1N. The van der Waals surface area contributed by atoms with Crippen LogP contribution in [0.15, 0.2) is 10.7 Å². The molecule has 0 saturated carbocycles. The number of rotatable bonds is 4. The number of ether oxygens (including phenoxy) is 1. The highest BCUT2D eigenvalue weighted by molar-refractivity contribution is 5.37. The van der Waals surface area contributed by atoms with Crippen LogP contribution in [0.3, 0.4) is 0 Å². The molecule has 0 aliphatic carbocycles. The first kappa shape index (κ1) is 8.07. The van der Waals surface area contributed by atoms with Gasteiger partial charge in [0.15, 0.2) is 5.76 Å². The lowest BCUT2D eigenvalue weighted by Gasteiger charge is -1.95. The summed E-state index contributed by atoms with van der Waals surface area (Å²) in [4.78, 5) is 0. The number of nitrogens with zero attached hydrogens (tertiary/aromatic N) is 1. The van der Waals surface area contributed by atoms with Gasteiger partial charge in [-0.25, -0.2) is 0 Å². The minimum absolute atomic E-state index is 0.626. The average Bonchev–Trinajstić information content (AvgIpc) is 2.37. The smallest absolute Gasteiger partial charge is 0.159 e. The zero-order valence-corrected chi connectivity index (χ0v) is 6.54. The van der Waals surface area contributed by atoms with Gasteiger partial charge in [0.25, 0.3) is 0 Å². The molecule has 0 spiro atoms. The third kappa shape index (κ3) is 2.23. The largest absolute Gasteiger partial charge is 0.395 e. The van der Waals surface area contributed by atoms with Crippen molar-refractivity contribution < 1.29 is 9.26 Å². The van der Waals surface area contributed by atoms with E-state index in [1.807, 2.05) is 0 Å². The molecule has 1 aromatic rings. The van der Waals surface area contributed by atoms with E-state index in [1.165, 1.54) is 6.20 Å². The van der Waals surface area contributed by atoms with Gasteiger partial charge in [0.1, 0.15) is 0 Å². The second-order valence-corrected chi connectivity index (χ2v) is 2.30. The van der Waals surface area contributed by atoms with Crippen LogP contribution in [0.4, 0.5) is 5.69 Å². The molecule has 62 valence electrons. The van der Waals surface area contributed by atoms with Crippen molar-refractivity contribution in [3.05, 3.63) is 12.0 Å². The van der Waals surface area contributed by atoms with Gasteiger partial charge in [-0.15, -0.1) is 0 Å². The maximum Gasteiger partial charge on any atom is 0.159 e. The Hall–Kier alpha value is -1.03. The highest BCUT2D eigenvalue weighted by atomic mass is 16.5. The van der Waals surface area contributed by atoms with E-state index in [0.717, 1.165) is 25.2 Å². The van der Waals surface area contributed by atoms with Gasteiger partial charge in [-0.05, 0) is 6.42 Å². The lowest BCUT2D eigenvalue weighted by molar-refractivity contribution is 0.192. The molecule has 0 aliphatic rings. The van der Waals surface area contributed by atoms with E-state index in [-0.39, 0.29) is 0 Å². The summed E-state index contributed by atoms with van der Waals surface area (Å²) in [5, 5.41) is 3.56. The zero-order valence-electron chi connectivity index (χ0n) is 6.54. The van der Waals surface area contributed by atoms with Crippen LogP contribution in [-0.2, 0) is 11.2 Å². The first-order valence-electron chi connectivity index (χ1n) is 3.52. The van der Waals surface area contributed by atoms with Crippen LogP contribution >= 0.6 is 0 Å². The number of methoxy groups -OCH3 is 1. The molecule has 0 fully saturated rings. The predicted molar refractivity (Wildman–Crippen MR) is 41.1 cm³/mol. The van der Waals surface area contributed by atoms with Crippen molar-refractivity contribution in [2.45, 2.75) is 12.8 Å². The Bertz CT molecular complexity index is 210. The third-order valence-corrected chi connectivity index (χ3v) is 1.43. The Morgan fingerprint density at radius 2 is 2.55 bits per heavy atom. The summed E-state index contributed by atoms with van der Waals surface area (Å²) in [7, 11) is 1.67. The predicted octanol–water partition coefficient (Wildman–Crippen LogP) is 0.836. The summed E-state index contributed by atoms with van der Waals surface area (Å²) in [6.07, 6.45) is 3.22. The van der Waals surface area contributed by atoms with Crippen molar-refractivity contribution in [3.8, 4) is 0 Å². The Labute approximate surface area is 65.3 Å². The molecule has 2 N–H and O–H groups in total. The summed E-state index contributed by atoms with van der Waals surface area (Å²) in [5.74, 6) is 0.752. The molecule has 11 heavy (non-hydrogen) atoms. The molecule has 0 unspecified atom stereocenters. The number of aromatic nitrogens is 1. The zero-order chi connectivity index (χ0) is 8.10. The highest BCUT2D eigenvalue weighted by Gasteiger charge is 2.02. The molecule has 4 nitrogen and oxygen atoms in total. The highest BCUT2D eigenvalue weighted by Crippen LogP contribution is 2.11. The summed E-state index contributed by atoms with van der Waals surface area (Å²) in [6.45, 7) is 0.722. The van der Waals surface area contributed by atoms with Crippen molar-refractivity contribution >= 4 is 5.69 Å². The number of hydrogen-bond donors (Lipinski definition) is 1. The molecule has 0 atom stereocenters. The first-order valence-corrected chi connectivity index (χ1v) is 3.52. The summed E-state index contributed by atoms with van der Waals surface area (Å²) in [5.41, 5.74) is 6.15. The molecule has 0 saturated heterocycles. The van der Waals surface area contributed by atoms with Crippen LogP contribution in [0.2, 0.25) is 0 Å². The van der Waals surface area contributed by atoms with Crippen LogP contribution in [0.1, 0.15) is 12.2 Å². The van der Waals surface area contributed by atoms with Gasteiger partial charge in [0, 0.05) is 20.1 Å². The molecule has 0 bridgehead atoms. The molecule has 1 heterocycles. The fraction of sp³-hybridized carbons (Fsp3) is 0.571. The van der Waals surface area contributed by atoms with Crippen molar-refractivity contribution in [3.63, 3.8) is 0 Å². The van der Waals surface area contributed by atoms with Crippen LogP contribution in [0.25, 0.3) is 0 Å². The molecule has 0 aliphatic heterocycles.